The highest BCUT2D eigenvalue weighted by molar-refractivity contribution is 7.98. The van der Waals surface area contributed by atoms with Crippen LogP contribution in [0.4, 0.5) is 4.39 Å². The molecular formula is C14H9FN2O2S. The lowest BCUT2D eigenvalue weighted by Crippen LogP contribution is -1.96. The molecule has 0 aliphatic heterocycles. The van der Waals surface area contributed by atoms with Gasteiger partial charge in [-0.15, -0.1) is 11.8 Å². The Morgan fingerprint density at radius 1 is 1.40 bits per heavy atom. The summed E-state index contributed by atoms with van der Waals surface area (Å²) in [5.74, 6) is -1.08. The van der Waals surface area contributed by atoms with E-state index in [0.717, 1.165) is 6.07 Å². The van der Waals surface area contributed by atoms with Crippen molar-refractivity contribution in [3.05, 3.63) is 59.0 Å². The Bertz CT molecular complexity index is 698. The zero-order chi connectivity index (χ0) is 14.5. The minimum absolute atomic E-state index is 0.152. The Balaban J connectivity index is 2.13. The molecular weight excluding hydrogens is 279 g/mol. The van der Waals surface area contributed by atoms with E-state index in [2.05, 4.69) is 4.98 Å². The quantitative estimate of drug-likeness (QED) is 0.875. The van der Waals surface area contributed by atoms with Crippen molar-refractivity contribution in [3.8, 4) is 6.07 Å². The zero-order valence-corrected chi connectivity index (χ0v) is 11.0. The topological polar surface area (TPSA) is 74.0 Å². The average Bonchev–Trinajstić information content (AvgIpc) is 2.44. The van der Waals surface area contributed by atoms with Gasteiger partial charge < -0.3 is 5.11 Å². The maximum atomic E-state index is 13.3. The summed E-state index contributed by atoms with van der Waals surface area (Å²) in [7, 11) is 0. The Labute approximate surface area is 118 Å². The molecule has 2 aromatic rings. The molecule has 0 radical (unpaired) electrons. The number of carboxylic acids is 1. The van der Waals surface area contributed by atoms with Crippen LogP contribution in [-0.2, 0) is 5.75 Å². The van der Waals surface area contributed by atoms with Crippen molar-refractivity contribution in [2.24, 2.45) is 0 Å². The second-order valence-corrected chi connectivity index (χ2v) is 4.93. The number of carboxylic acid groups (broad SMARTS) is 1. The normalized spacial score (nSPS) is 10.0. The van der Waals surface area contributed by atoms with Crippen LogP contribution in [0.15, 0.2) is 41.6 Å². The molecule has 1 heterocycles. The van der Waals surface area contributed by atoms with E-state index in [1.807, 2.05) is 6.07 Å². The second kappa shape index (κ2) is 6.17. The SMILES string of the molecule is N#Cc1cc(F)cc(CSc2cc(C(=O)O)ccn2)c1. The lowest BCUT2D eigenvalue weighted by atomic mass is 10.1. The van der Waals surface area contributed by atoms with Crippen LogP contribution in [0.5, 0.6) is 0 Å². The molecule has 0 aliphatic rings. The highest BCUT2D eigenvalue weighted by Gasteiger charge is 2.06. The minimum atomic E-state index is -1.02. The van der Waals surface area contributed by atoms with Crippen molar-refractivity contribution in [1.29, 1.82) is 5.26 Å². The van der Waals surface area contributed by atoms with Gasteiger partial charge in [-0.25, -0.2) is 14.2 Å². The van der Waals surface area contributed by atoms with E-state index in [1.54, 1.807) is 6.07 Å². The van der Waals surface area contributed by atoms with Gasteiger partial charge in [0.2, 0.25) is 0 Å². The van der Waals surface area contributed by atoms with Gasteiger partial charge in [-0.2, -0.15) is 5.26 Å². The zero-order valence-electron chi connectivity index (χ0n) is 10.2. The van der Waals surface area contributed by atoms with Gasteiger partial charge in [-0.3, -0.25) is 0 Å². The Hall–Kier alpha value is -2.39. The van der Waals surface area contributed by atoms with Crippen molar-refractivity contribution in [3.63, 3.8) is 0 Å². The van der Waals surface area contributed by atoms with Gasteiger partial charge in [-0.05, 0) is 35.9 Å². The largest absolute Gasteiger partial charge is 0.478 e. The molecule has 0 fully saturated rings. The van der Waals surface area contributed by atoms with Crippen molar-refractivity contribution in [2.75, 3.05) is 0 Å². The Kier molecular flexibility index (Phi) is 4.33. The number of pyridine rings is 1. The molecule has 0 saturated heterocycles. The molecule has 0 amide bonds. The molecule has 0 spiro atoms. The lowest BCUT2D eigenvalue weighted by Gasteiger charge is -2.03. The molecule has 20 heavy (non-hydrogen) atoms. The molecule has 0 atom stereocenters. The lowest BCUT2D eigenvalue weighted by molar-refractivity contribution is 0.0696. The molecule has 0 unspecified atom stereocenters. The summed E-state index contributed by atoms with van der Waals surface area (Å²) in [6.45, 7) is 0. The summed E-state index contributed by atoms with van der Waals surface area (Å²) in [4.78, 5) is 14.9. The summed E-state index contributed by atoms with van der Waals surface area (Å²) in [5.41, 5.74) is 1.06. The number of benzene rings is 1. The van der Waals surface area contributed by atoms with Gasteiger partial charge in [0.1, 0.15) is 5.82 Å². The molecule has 0 aliphatic carbocycles. The Morgan fingerprint density at radius 3 is 2.90 bits per heavy atom. The fourth-order valence-corrected chi connectivity index (χ4v) is 2.40. The molecule has 1 N–H and O–H groups in total. The van der Waals surface area contributed by atoms with E-state index in [4.69, 9.17) is 10.4 Å². The first-order valence-corrected chi connectivity index (χ1v) is 6.59. The second-order valence-electron chi connectivity index (χ2n) is 3.94. The molecule has 2 rings (SSSR count). The maximum Gasteiger partial charge on any atom is 0.335 e. The van der Waals surface area contributed by atoms with E-state index >= 15 is 0 Å². The predicted molar refractivity (Wildman–Crippen MR) is 71.9 cm³/mol. The predicted octanol–water partition coefficient (Wildman–Crippen LogP) is 3.08. The van der Waals surface area contributed by atoms with Crippen LogP contribution in [0.3, 0.4) is 0 Å². The fraction of sp³-hybridized carbons (Fsp3) is 0.0714. The van der Waals surface area contributed by atoms with E-state index < -0.39 is 11.8 Å². The number of nitrogens with zero attached hydrogens (tertiary/aromatic N) is 2. The van der Waals surface area contributed by atoms with Crippen LogP contribution in [0.1, 0.15) is 21.5 Å². The third-order valence-corrected chi connectivity index (χ3v) is 3.45. The van der Waals surface area contributed by atoms with Crippen LogP contribution in [0.25, 0.3) is 0 Å². The number of rotatable bonds is 4. The third kappa shape index (κ3) is 3.56. The van der Waals surface area contributed by atoms with Crippen molar-refractivity contribution in [1.82, 2.24) is 4.98 Å². The standard InChI is InChI=1S/C14H9FN2O2S/c15-12-4-9(7-16)3-10(5-12)8-20-13-6-11(14(18)19)1-2-17-13/h1-6H,8H2,(H,18,19). The molecule has 4 nitrogen and oxygen atoms in total. The highest BCUT2D eigenvalue weighted by atomic mass is 32.2. The Morgan fingerprint density at radius 2 is 2.20 bits per heavy atom. The molecule has 0 bridgehead atoms. The summed E-state index contributed by atoms with van der Waals surface area (Å²) in [6, 6.07) is 8.85. The monoisotopic (exact) mass is 288 g/mol. The first-order chi connectivity index (χ1) is 9.58. The van der Waals surface area contributed by atoms with Gasteiger partial charge in [0.25, 0.3) is 0 Å². The van der Waals surface area contributed by atoms with Crippen LogP contribution in [-0.4, -0.2) is 16.1 Å². The number of carbonyl (C=O) groups is 1. The van der Waals surface area contributed by atoms with Crippen molar-refractivity contribution < 1.29 is 14.3 Å². The summed E-state index contributed by atoms with van der Waals surface area (Å²) >= 11 is 1.28. The molecule has 100 valence electrons. The molecule has 0 saturated carbocycles. The van der Waals surface area contributed by atoms with E-state index in [0.29, 0.717) is 16.3 Å². The fourth-order valence-electron chi connectivity index (χ4n) is 1.58. The van der Waals surface area contributed by atoms with Crippen LogP contribution >= 0.6 is 11.8 Å². The van der Waals surface area contributed by atoms with Gasteiger partial charge in [-0.1, -0.05) is 0 Å². The first kappa shape index (κ1) is 14.0. The smallest absolute Gasteiger partial charge is 0.335 e. The van der Waals surface area contributed by atoms with Crippen LogP contribution in [0.2, 0.25) is 0 Å². The number of hydrogen-bond donors (Lipinski definition) is 1. The number of aromatic nitrogens is 1. The van der Waals surface area contributed by atoms with Crippen LogP contribution in [0, 0.1) is 17.1 Å². The van der Waals surface area contributed by atoms with Crippen molar-refractivity contribution in [2.45, 2.75) is 10.8 Å². The van der Waals surface area contributed by atoms with Gasteiger partial charge >= 0.3 is 5.97 Å². The first-order valence-electron chi connectivity index (χ1n) is 5.60. The third-order valence-electron chi connectivity index (χ3n) is 2.46. The number of thioether (sulfide) groups is 1. The number of nitriles is 1. The van der Waals surface area contributed by atoms with Crippen LogP contribution < -0.4 is 0 Å². The minimum Gasteiger partial charge on any atom is -0.478 e. The number of halogens is 1. The molecule has 1 aromatic heterocycles. The van der Waals surface area contributed by atoms with E-state index in [1.165, 1.54) is 36.2 Å². The summed E-state index contributed by atoms with van der Waals surface area (Å²) < 4.78 is 13.3. The van der Waals surface area contributed by atoms with E-state index in [-0.39, 0.29) is 11.1 Å². The van der Waals surface area contributed by atoms with Crippen molar-refractivity contribution >= 4 is 17.7 Å². The number of aromatic carboxylic acids is 1. The highest BCUT2D eigenvalue weighted by Crippen LogP contribution is 2.22. The molecule has 6 heteroatoms. The van der Waals surface area contributed by atoms with E-state index in [9.17, 15) is 9.18 Å². The van der Waals surface area contributed by atoms with Gasteiger partial charge in [0.15, 0.2) is 0 Å². The number of hydrogen-bond acceptors (Lipinski definition) is 4. The van der Waals surface area contributed by atoms with Gasteiger partial charge in [0, 0.05) is 11.9 Å². The average molecular weight is 288 g/mol. The summed E-state index contributed by atoms with van der Waals surface area (Å²) in [5, 5.41) is 18.2. The van der Waals surface area contributed by atoms with Gasteiger partial charge in [0.05, 0.1) is 22.2 Å². The molecule has 1 aromatic carbocycles. The summed E-state index contributed by atoms with van der Waals surface area (Å²) in [6.07, 6.45) is 1.41. The maximum absolute atomic E-state index is 13.3.